The van der Waals surface area contributed by atoms with Gasteiger partial charge >= 0.3 is 147 Å². The van der Waals surface area contributed by atoms with Crippen molar-refractivity contribution in [2.75, 3.05) is 6.61 Å². The number of nitrogens with zero attached hydrogens (tertiary/aromatic N) is 4. The van der Waals surface area contributed by atoms with Crippen LogP contribution < -0.4 is 9.18 Å². The van der Waals surface area contributed by atoms with Gasteiger partial charge in [-0.3, -0.25) is 0 Å². The first-order valence-corrected chi connectivity index (χ1v) is 10.4. The van der Waals surface area contributed by atoms with Crippen molar-refractivity contribution in [2.24, 2.45) is 0 Å². The van der Waals surface area contributed by atoms with Gasteiger partial charge in [0, 0.05) is 0 Å². The summed E-state index contributed by atoms with van der Waals surface area (Å²) in [6, 6.07) is 4.29. The second-order valence-electron chi connectivity index (χ2n) is 5.49. The molecule has 1 fully saturated rings. The summed E-state index contributed by atoms with van der Waals surface area (Å²) in [4.78, 5) is 13.7. The molecule has 1 aliphatic heterocycles. The first kappa shape index (κ1) is 18.5. The molecule has 1 aliphatic rings. The summed E-state index contributed by atoms with van der Waals surface area (Å²) in [5, 5.41) is 43.2. The zero-order valence-electron chi connectivity index (χ0n) is 13.0. The zero-order chi connectivity index (χ0) is 19.1. The fraction of sp³-hybridized carbons (Fsp3) is 0.385. The van der Waals surface area contributed by atoms with Crippen LogP contribution >= 0.6 is 0 Å². The van der Waals surface area contributed by atoms with E-state index in [-0.39, 0.29) is 10.1 Å². The number of ether oxygens (including phenoxy) is 1. The summed E-state index contributed by atoms with van der Waals surface area (Å²) in [5.74, 6) is 0. The van der Waals surface area contributed by atoms with Crippen LogP contribution in [0.1, 0.15) is 6.23 Å². The third-order valence-electron chi connectivity index (χ3n) is 3.86. The monoisotopic (exact) mass is 434 g/mol. The molecule has 0 aliphatic carbocycles. The molecule has 0 amide bonds. The molecule has 2 heterocycles. The van der Waals surface area contributed by atoms with Crippen LogP contribution in [0, 0.1) is 10.1 Å². The van der Waals surface area contributed by atoms with Gasteiger partial charge in [0.1, 0.15) is 0 Å². The van der Waals surface area contributed by atoms with E-state index in [1.807, 2.05) is 0 Å². The van der Waals surface area contributed by atoms with Gasteiger partial charge in [-0.05, 0) is 0 Å². The van der Waals surface area contributed by atoms with Crippen LogP contribution in [-0.4, -0.2) is 72.6 Å². The number of hydrogen-bond acceptors (Lipinski definition) is 10. The van der Waals surface area contributed by atoms with Crippen LogP contribution in [0.25, 0.3) is 0 Å². The van der Waals surface area contributed by atoms with Crippen LogP contribution in [0.3, 0.4) is 0 Å². The number of aliphatic hydroxyl groups is 3. The molecular formula is C13H14N4O8Se. The van der Waals surface area contributed by atoms with Gasteiger partial charge in [-0.25, -0.2) is 0 Å². The van der Waals surface area contributed by atoms with E-state index in [0.717, 1.165) is 35.3 Å². The molecule has 0 spiro atoms. The first-order chi connectivity index (χ1) is 12.3. The number of nitro benzene ring substituents is 1. The third kappa shape index (κ3) is 3.11. The zero-order valence-corrected chi connectivity index (χ0v) is 14.7. The number of non-ortho nitro benzene ring substituents is 1. The summed E-state index contributed by atoms with van der Waals surface area (Å²) in [5.41, 5.74) is -0.258. The van der Waals surface area contributed by atoms with Gasteiger partial charge in [0.25, 0.3) is 0 Å². The van der Waals surface area contributed by atoms with E-state index >= 15 is 0 Å². The Bertz CT molecular complexity index is 912. The van der Waals surface area contributed by atoms with Crippen molar-refractivity contribution in [3.63, 3.8) is 0 Å². The number of aliphatic hydroxyl groups excluding tert-OH is 3. The Morgan fingerprint density at radius 3 is 2.42 bits per heavy atom. The van der Waals surface area contributed by atoms with Crippen LogP contribution in [-0.2, 0) is 12.4 Å². The van der Waals surface area contributed by atoms with E-state index in [9.17, 15) is 28.0 Å². The maximum atomic E-state index is 12.6. The molecule has 3 rings (SSSR count). The van der Waals surface area contributed by atoms with Crippen LogP contribution in [0.5, 0.6) is 0 Å². The Balaban J connectivity index is 1.88. The van der Waals surface area contributed by atoms with Crippen molar-refractivity contribution >= 4 is 27.6 Å². The third-order valence-corrected chi connectivity index (χ3v) is 7.14. The predicted octanol–water partition coefficient (Wildman–Crippen LogP) is -2.78. The van der Waals surface area contributed by atoms with Crippen LogP contribution in [0.2, 0.25) is 0 Å². The number of rotatable bonds is 5. The molecule has 26 heavy (non-hydrogen) atoms. The summed E-state index contributed by atoms with van der Waals surface area (Å²) >= 11 is -5.03. The summed E-state index contributed by atoms with van der Waals surface area (Å²) in [7, 11) is 0. The van der Waals surface area contributed by atoms with Crippen molar-refractivity contribution in [3.8, 4) is 0 Å². The number of hydrogen-bond donors (Lipinski definition) is 3. The normalized spacial score (nSPS) is 26.1. The summed E-state index contributed by atoms with van der Waals surface area (Å²) in [6.45, 7) is -0.540. The van der Waals surface area contributed by atoms with Crippen LogP contribution in [0.15, 0.2) is 30.6 Å². The number of benzene rings is 1. The molecule has 12 nitrogen and oxygen atoms in total. The molecule has 1 saturated heterocycles. The second kappa shape index (κ2) is 6.79. The molecule has 1 aromatic heterocycles. The topological polar surface area (TPSA) is 178 Å². The van der Waals surface area contributed by atoms with Crippen molar-refractivity contribution in [2.45, 2.75) is 24.5 Å². The van der Waals surface area contributed by atoms with Gasteiger partial charge in [0.15, 0.2) is 0 Å². The molecule has 0 saturated carbocycles. The Hall–Kier alpha value is -2.28. The molecule has 13 heteroatoms. The van der Waals surface area contributed by atoms with E-state index in [1.54, 1.807) is 0 Å². The molecule has 4 atom stereocenters. The van der Waals surface area contributed by atoms with Crippen molar-refractivity contribution in [3.05, 3.63) is 40.7 Å². The number of nitro groups is 1. The Labute approximate surface area is 147 Å². The van der Waals surface area contributed by atoms with Crippen molar-refractivity contribution in [1.29, 1.82) is 0 Å². The van der Waals surface area contributed by atoms with Gasteiger partial charge in [0.2, 0.25) is 0 Å². The van der Waals surface area contributed by atoms with E-state index in [2.05, 4.69) is 10.1 Å². The average molecular weight is 433 g/mol. The molecule has 0 radical (unpaired) electrons. The SMILES string of the molecule is O=[N+]([O-])c1ccc([Se](=O)(=O)c2ncn([C@@H]3O[C@H](CO)[C@@H](O)[C@H]3O)n2)cc1. The minimum atomic E-state index is -5.03. The fourth-order valence-corrected chi connectivity index (χ4v) is 4.75. The van der Waals surface area contributed by atoms with Crippen LogP contribution in [0.4, 0.5) is 5.69 Å². The van der Waals surface area contributed by atoms with Gasteiger partial charge in [-0.1, -0.05) is 0 Å². The minimum absolute atomic E-state index is 0.175. The molecule has 2 aromatic rings. The molecule has 0 unspecified atom stereocenters. The van der Waals surface area contributed by atoms with E-state index < -0.39 is 53.5 Å². The molecule has 3 N–H and O–H groups in total. The van der Waals surface area contributed by atoms with Crippen molar-refractivity contribution in [1.82, 2.24) is 14.8 Å². The molecule has 0 bridgehead atoms. The Morgan fingerprint density at radius 2 is 1.88 bits per heavy atom. The summed E-state index contributed by atoms with van der Waals surface area (Å²) in [6.07, 6.45) is -4.04. The molecule has 140 valence electrons. The van der Waals surface area contributed by atoms with E-state index in [4.69, 9.17) is 9.84 Å². The van der Waals surface area contributed by atoms with Gasteiger partial charge in [-0.15, -0.1) is 0 Å². The van der Waals surface area contributed by atoms with Gasteiger partial charge in [0.05, 0.1) is 0 Å². The molecular weight excluding hydrogens is 419 g/mol. The first-order valence-electron chi connectivity index (χ1n) is 7.29. The maximum absolute atomic E-state index is 12.6. The molecule has 1 aromatic carbocycles. The Kier molecular flexibility index (Phi) is 4.84. The number of aromatic nitrogens is 3. The quantitative estimate of drug-likeness (QED) is 0.254. The standard InChI is InChI=1S/C13H14N4O8Se/c18-5-9-10(19)11(20)12(25-9)16-6-14-13(15-16)26(23,24)8-3-1-7(2-4-8)17(21)22/h1-4,6,9-12,18-20H,5H2/t9-,10-,11-,12-/m1/s1. The van der Waals surface area contributed by atoms with E-state index in [0.29, 0.717) is 0 Å². The van der Waals surface area contributed by atoms with Crippen molar-refractivity contribution < 1.29 is 32.6 Å². The second-order valence-corrected chi connectivity index (χ2v) is 9.36. The predicted molar refractivity (Wildman–Crippen MR) is 82.5 cm³/mol. The van der Waals surface area contributed by atoms with E-state index in [1.165, 1.54) is 0 Å². The van der Waals surface area contributed by atoms with Gasteiger partial charge < -0.3 is 0 Å². The van der Waals surface area contributed by atoms with Gasteiger partial charge in [-0.2, -0.15) is 0 Å². The summed E-state index contributed by atoms with van der Waals surface area (Å²) < 4.78 is 30.6. The fourth-order valence-electron chi connectivity index (χ4n) is 2.46. The average Bonchev–Trinajstić information content (AvgIpc) is 3.21. The Morgan fingerprint density at radius 1 is 1.23 bits per heavy atom.